The van der Waals surface area contributed by atoms with Crippen LogP contribution in [0.5, 0.6) is 0 Å². The number of hydrogen-bond acceptors (Lipinski definition) is 15. The van der Waals surface area contributed by atoms with Gasteiger partial charge in [-0.3, -0.25) is 33.6 Å². The molecule has 18 aliphatic carbocycles. The van der Waals surface area contributed by atoms with Crippen molar-refractivity contribution in [1.82, 2.24) is 0 Å². The molecule has 0 spiro atoms. The van der Waals surface area contributed by atoms with Crippen LogP contribution in [0.15, 0.2) is 72.9 Å². The van der Waals surface area contributed by atoms with E-state index in [1.54, 1.807) is 0 Å². The third-order valence-corrected chi connectivity index (χ3v) is 37.2. The van der Waals surface area contributed by atoms with E-state index in [-0.39, 0.29) is 103 Å². The zero-order valence-corrected chi connectivity index (χ0v) is 84.1. The largest absolute Gasteiger partial charge is 0.469 e. The summed E-state index contributed by atoms with van der Waals surface area (Å²) in [6.07, 6.45) is 61.9. The average molecular weight is 1760 g/mol. The standard InChI is InChI=1S/C23H36O2.C22H34O4.C19H30O3.C17H28O2.C16H26O2.C15H24O2/c1-5-22(3,4)21(24)25-23(18-8-6-15(2)7-9-18)19-11-16-10-17(13-19)14-20(23)12-16;1-6-8-9-22(26-18(23)20(3,4)7-2)16-10-15-11-17(22)14-21(12-15,13-16)19(24)25-5;1-4-17(2,3)16(20)22-19(14-8-6-5-7-9-14)13-18(21)11-10-15(19)12-18;1-5-7-10-17(12-13-8-9-14(17)11-13)19-15(18)16(3,4)6-2;1-5-15(3,4)14(17)18-16(6-2)10-12-8-7-9-13(12)11-16;1-5-14(3,4)13(16)17-15(6-2)10-11-7-8-12(15)9-11/h8,15-17,19-20H,5-7,9-14H2,1-4H3;8-9,15-17H,6-7,10-14H2,1-5H3;8,15,21H,4-7,9-13H2,1-3H3;7,10,13-14H,5-6,8-9,11-12H2,1-4H3;6,12-13H,2,5,7-11H2,1,3-4H3;6,11-12H,2,5,7-10H2,1,3-4H3/b;9-8-;;10-7+;;. The first-order valence-corrected chi connectivity index (χ1v) is 51.9. The average Bonchev–Trinajstić information content (AvgIpc) is 1.69. The van der Waals surface area contributed by atoms with E-state index in [0.717, 1.165) is 196 Å². The molecular weight excluding hydrogens is 1590 g/mol. The number of allylic oxidation sites excluding steroid dienone is 4. The second-order valence-corrected chi connectivity index (χ2v) is 48.2. The SMILES string of the molecule is C=CC1(OC(=O)C(C)(C)CC)CC2CCC1C2.C=CC1(OC(=O)C(C)(C)CC)CC2CCCC2C1.CC/C=C/C1(OC(=O)C(C)(C)CC)CC2CCC1C2.CC/C=C\C1(OC(=O)C(C)(C)CC)C2CC3CC1CC(C(=O)OC)(C3)C2.CCC(C)(C)C(=O)OC1(C2=CCC(C)CC2)C2CC3CC(C2)CC1C3.CCC(C)(C)C(=O)OC1(C2=CCCCC2)CC2(O)CCC1C2. The Balaban J connectivity index is 0.000000149. The van der Waals surface area contributed by atoms with Crippen LogP contribution < -0.4 is 0 Å². The van der Waals surface area contributed by atoms with E-state index in [1.807, 2.05) is 109 Å². The third-order valence-electron chi connectivity index (χ3n) is 37.2. The van der Waals surface area contributed by atoms with Crippen LogP contribution >= 0.6 is 0 Å². The molecule has 15 nitrogen and oxygen atoms in total. The van der Waals surface area contributed by atoms with Crippen LogP contribution in [-0.4, -0.2) is 93.2 Å². The zero-order valence-electron chi connectivity index (χ0n) is 84.1. The number of methoxy groups -OCH3 is 1. The summed E-state index contributed by atoms with van der Waals surface area (Å²) in [5, 5.41) is 10.8. The molecule has 0 aromatic rings. The molecule has 0 aliphatic heterocycles. The predicted molar refractivity (Wildman–Crippen MR) is 507 cm³/mol. The van der Waals surface area contributed by atoms with Crippen molar-refractivity contribution >= 4 is 41.8 Å². The van der Waals surface area contributed by atoms with Crippen LogP contribution in [0.2, 0.25) is 0 Å². The van der Waals surface area contributed by atoms with Gasteiger partial charge in [-0.1, -0.05) is 119 Å². The van der Waals surface area contributed by atoms with Gasteiger partial charge in [0.25, 0.3) is 0 Å². The second-order valence-electron chi connectivity index (χ2n) is 48.2. The number of esters is 7. The molecule has 15 heteroatoms. The highest BCUT2D eigenvalue weighted by Gasteiger charge is 2.68. The normalized spacial score (nSPS) is 37.9. The molecule has 14 unspecified atom stereocenters. The predicted octanol–water partition coefficient (Wildman–Crippen LogP) is 27.0. The summed E-state index contributed by atoms with van der Waals surface area (Å²) >= 11 is 0. The molecule has 18 aliphatic rings. The summed E-state index contributed by atoms with van der Waals surface area (Å²) in [7, 11) is 1.49. The molecule has 1 N–H and O–H groups in total. The minimum atomic E-state index is -0.612. The van der Waals surface area contributed by atoms with Crippen LogP contribution in [0.4, 0.5) is 0 Å². The first kappa shape index (κ1) is 102. The maximum absolute atomic E-state index is 13.2. The third kappa shape index (κ3) is 21.3. The molecule has 0 amide bonds. The molecule has 18 rings (SSSR count). The molecule has 0 aromatic heterocycles. The highest BCUT2D eigenvalue weighted by Crippen LogP contribution is 2.68. The monoisotopic (exact) mass is 1760 g/mol. The maximum Gasteiger partial charge on any atom is 0.312 e. The smallest absolute Gasteiger partial charge is 0.312 e. The molecule has 0 saturated heterocycles. The van der Waals surface area contributed by atoms with Gasteiger partial charge in [0.1, 0.15) is 33.6 Å². The number of ether oxygens (including phenoxy) is 7. The fourth-order valence-electron chi connectivity index (χ4n) is 26.6. The molecule has 716 valence electrons. The van der Waals surface area contributed by atoms with Gasteiger partial charge in [0.05, 0.1) is 50.6 Å². The first-order chi connectivity index (χ1) is 59.7. The van der Waals surface area contributed by atoms with Gasteiger partial charge in [-0.2, -0.15) is 0 Å². The lowest BCUT2D eigenvalue weighted by atomic mass is 9.44. The highest BCUT2D eigenvalue weighted by molar-refractivity contribution is 5.81. The lowest BCUT2D eigenvalue weighted by molar-refractivity contribution is -0.220. The summed E-state index contributed by atoms with van der Waals surface area (Å²) in [4.78, 5) is 88.4. The van der Waals surface area contributed by atoms with E-state index in [1.165, 1.54) is 127 Å². The Morgan fingerprint density at radius 3 is 1.28 bits per heavy atom. The topological polar surface area (TPSA) is 204 Å². The number of carbonyl (C=O) groups excluding carboxylic acids is 7. The lowest BCUT2D eigenvalue weighted by Gasteiger charge is -2.62. The van der Waals surface area contributed by atoms with Gasteiger partial charge in [0, 0.05) is 47.8 Å². The Hall–Kier alpha value is -5.31. The zero-order chi connectivity index (χ0) is 93.2. The van der Waals surface area contributed by atoms with Gasteiger partial charge in [-0.25, -0.2) is 0 Å². The van der Waals surface area contributed by atoms with Gasteiger partial charge >= 0.3 is 41.8 Å². The summed E-state index contributed by atoms with van der Waals surface area (Å²) < 4.78 is 42.2. The van der Waals surface area contributed by atoms with Crippen LogP contribution in [-0.2, 0) is 66.7 Å². The van der Waals surface area contributed by atoms with Crippen molar-refractivity contribution in [2.24, 2.45) is 127 Å². The van der Waals surface area contributed by atoms with Crippen molar-refractivity contribution in [2.75, 3.05) is 7.11 Å². The number of rotatable bonds is 27. The number of hydrogen-bond donors (Lipinski definition) is 1. The molecule has 14 atom stereocenters. The summed E-state index contributed by atoms with van der Waals surface area (Å²) in [6.45, 7) is 50.5. The van der Waals surface area contributed by atoms with E-state index in [4.69, 9.17) is 33.2 Å². The van der Waals surface area contributed by atoms with Crippen molar-refractivity contribution in [3.05, 3.63) is 72.9 Å². The van der Waals surface area contributed by atoms with Gasteiger partial charge in [-0.15, -0.1) is 0 Å². The van der Waals surface area contributed by atoms with E-state index in [2.05, 4.69) is 98.1 Å². The number of aliphatic hydroxyl groups is 1. The Kier molecular flexibility index (Phi) is 32.3. The lowest BCUT2D eigenvalue weighted by Crippen LogP contribution is -2.64. The fourth-order valence-corrected chi connectivity index (χ4v) is 26.6. The summed E-state index contributed by atoms with van der Waals surface area (Å²) in [6, 6.07) is 0. The minimum Gasteiger partial charge on any atom is -0.469 e. The van der Waals surface area contributed by atoms with Gasteiger partial charge < -0.3 is 38.3 Å². The van der Waals surface area contributed by atoms with Crippen molar-refractivity contribution < 1.29 is 71.8 Å². The number of carbonyl (C=O) groups is 7. The van der Waals surface area contributed by atoms with Crippen LogP contribution in [0, 0.1) is 127 Å². The molecule has 14 bridgehead atoms. The van der Waals surface area contributed by atoms with E-state index < -0.39 is 27.6 Å². The quantitative estimate of drug-likeness (QED) is 0.0461. The number of fused-ring (bicyclic) bond motifs is 7. The first-order valence-electron chi connectivity index (χ1n) is 51.9. The Morgan fingerprint density at radius 2 is 0.874 bits per heavy atom. The summed E-state index contributed by atoms with van der Waals surface area (Å²) in [5.74, 6) is 8.73. The Morgan fingerprint density at radius 1 is 0.417 bits per heavy atom. The van der Waals surface area contributed by atoms with E-state index in [9.17, 15) is 38.7 Å². The maximum atomic E-state index is 13.2. The molecule has 0 heterocycles. The van der Waals surface area contributed by atoms with E-state index in [0.29, 0.717) is 41.9 Å². The highest BCUT2D eigenvalue weighted by atomic mass is 16.6. The van der Waals surface area contributed by atoms with Crippen molar-refractivity contribution in [3.8, 4) is 0 Å². The van der Waals surface area contributed by atoms with Crippen LogP contribution in [0.25, 0.3) is 0 Å². The van der Waals surface area contributed by atoms with Crippen molar-refractivity contribution in [3.63, 3.8) is 0 Å². The second kappa shape index (κ2) is 40.1. The van der Waals surface area contributed by atoms with Gasteiger partial charge in [0.2, 0.25) is 0 Å². The molecule has 0 radical (unpaired) electrons. The fraction of sp³-hybridized carbons (Fsp3) is 0.830. The van der Waals surface area contributed by atoms with Crippen LogP contribution in [0.1, 0.15) is 415 Å². The van der Waals surface area contributed by atoms with Crippen molar-refractivity contribution in [1.29, 1.82) is 0 Å². The molecule has 16 fully saturated rings. The van der Waals surface area contributed by atoms with E-state index >= 15 is 0 Å². The van der Waals surface area contributed by atoms with Gasteiger partial charge in [-0.05, 0) is 410 Å². The molecular formula is C112H178O15. The van der Waals surface area contributed by atoms with Gasteiger partial charge in [0.15, 0.2) is 0 Å². The van der Waals surface area contributed by atoms with Crippen molar-refractivity contribution in [2.45, 2.75) is 454 Å². The minimum absolute atomic E-state index is 0.0247. The molecule has 16 saturated carbocycles. The summed E-state index contributed by atoms with van der Waals surface area (Å²) in [5.41, 5.74) is -2.95. The molecule has 0 aromatic carbocycles. The molecule has 127 heavy (non-hydrogen) atoms. The Labute approximate surface area is 770 Å². The Bertz CT molecular complexity index is 3950. The van der Waals surface area contributed by atoms with Crippen LogP contribution in [0.3, 0.4) is 0 Å².